The molecule has 2 aromatic rings. The van der Waals surface area contributed by atoms with Crippen LogP contribution >= 0.6 is 0 Å². The van der Waals surface area contributed by atoms with E-state index in [1.807, 2.05) is 0 Å². The minimum absolute atomic E-state index is 0.308. The Balaban J connectivity index is 1.74. The number of carbonyl (C=O) groups excluding carboxylic acids is 1. The Bertz CT molecular complexity index is 694. The Morgan fingerprint density at radius 1 is 1.43 bits per heavy atom. The first-order chi connectivity index (χ1) is 11.1. The maximum atomic E-state index is 11.9. The zero-order chi connectivity index (χ0) is 16.3. The molecule has 3 N–H and O–H groups in total. The van der Waals surface area contributed by atoms with Crippen molar-refractivity contribution >= 4 is 11.7 Å². The summed E-state index contributed by atoms with van der Waals surface area (Å²) < 4.78 is 10.5. The first-order valence-electron chi connectivity index (χ1n) is 7.47. The minimum Gasteiger partial charge on any atom is -0.381 e. The van der Waals surface area contributed by atoms with E-state index in [1.165, 1.54) is 0 Å². The number of rotatable bonds is 5. The van der Waals surface area contributed by atoms with Crippen LogP contribution in [0.3, 0.4) is 0 Å². The molecule has 0 aliphatic carbocycles. The Morgan fingerprint density at radius 3 is 2.87 bits per heavy atom. The molecular formula is C15H19N5O3. The van der Waals surface area contributed by atoms with Crippen LogP contribution in [0.4, 0.5) is 5.82 Å². The number of primary amides is 1. The summed E-state index contributed by atoms with van der Waals surface area (Å²) in [6.45, 7) is 3.26. The van der Waals surface area contributed by atoms with Crippen LogP contribution in [0.2, 0.25) is 0 Å². The number of hydrogen-bond donors (Lipinski definition) is 2. The van der Waals surface area contributed by atoms with Gasteiger partial charge < -0.3 is 20.3 Å². The minimum atomic E-state index is -0.600. The summed E-state index contributed by atoms with van der Waals surface area (Å²) in [4.78, 5) is 20.3. The van der Waals surface area contributed by atoms with Gasteiger partial charge in [-0.2, -0.15) is 4.98 Å². The molecule has 1 fully saturated rings. The van der Waals surface area contributed by atoms with Crippen LogP contribution in [0, 0.1) is 12.3 Å². The maximum absolute atomic E-state index is 11.9. The van der Waals surface area contributed by atoms with Crippen LogP contribution in [0.1, 0.15) is 18.7 Å². The number of anilines is 1. The quantitative estimate of drug-likeness (QED) is 0.849. The van der Waals surface area contributed by atoms with Crippen LogP contribution < -0.4 is 11.1 Å². The van der Waals surface area contributed by atoms with E-state index in [-0.39, 0.29) is 5.91 Å². The number of aromatic nitrogens is 3. The van der Waals surface area contributed by atoms with Crippen molar-refractivity contribution in [2.24, 2.45) is 11.1 Å². The number of nitrogens with two attached hydrogens (primary N) is 1. The summed E-state index contributed by atoms with van der Waals surface area (Å²) in [5.41, 5.74) is 5.77. The molecule has 3 rings (SSSR count). The molecule has 1 saturated heterocycles. The highest BCUT2D eigenvalue weighted by atomic mass is 16.5. The first kappa shape index (κ1) is 15.4. The van der Waals surface area contributed by atoms with Crippen molar-refractivity contribution in [3.05, 3.63) is 24.2 Å². The average Bonchev–Trinajstić information content (AvgIpc) is 3.00. The average molecular weight is 317 g/mol. The van der Waals surface area contributed by atoms with Crippen LogP contribution in [-0.2, 0) is 9.53 Å². The SMILES string of the molecule is Cc1noc(-c2ccnc(NCC3(C(N)=O)CCOCC3)c2)n1. The lowest BCUT2D eigenvalue weighted by molar-refractivity contribution is -0.132. The Hall–Kier alpha value is -2.48. The van der Waals surface area contributed by atoms with E-state index in [9.17, 15) is 4.79 Å². The Morgan fingerprint density at radius 2 is 2.22 bits per heavy atom. The molecular weight excluding hydrogens is 298 g/mol. The Labute approximate surface area is 133 Å². The molecule has 0 spiro atoms. The van der Waals surface area contributed by atoms with Gasteiger partial charge in [0, 0.05) is 31.5 Å². The monoisotopic (exact) mass is 317 g/mol. The van der Waals surface area contributed by atoms with Gasteiger partial charge >= 0.3 is 0 Å². The van der Waals surface area contributed by atoms with Crippen molar-refractivity contribution in [2.45, 2.75) is 19.8 Å². The fraction of sp³-hybridized carbons (Fsp3) is 0.467. The second kappa shape index (κ2) is 6.33. The lowest BCUT2D eigenvalue weighted by Crippen LogP contribution is -2.46. The van der Waals surface area contributed by atoms with Crippen LogP contribution in [0.15, 0.2) is 22.9 Å². The van der Waals surface area contributed by atoms with Crippen molar-refractivity contribution < 1.29 is 14.1 Å². The summed E-state index contributed by atoms with van der Waals surface area (Å²) >= 11 is 0. The highest BCUT2D eigenvalue weighted by Gasteiger charge is 2.38. The second-order valence-corrected chi connectivity index (χ2v) is 5.69. The lowest BCUT2D eigenvalue weighted by Gasteiger charge is -2.34. The molecule has 2 aromatic heterocycles. The predicted octanol–water partition coefficient (Wildman–Crippen LogP) is 1.13. The molecule has 0 radical (unpaired) electrons. The van der Waals surface area contributed by atoms with E-state index < -0.39 is 5.41 Å². The number of aryl methyl sites for hydroxylation is 1. The van der Waals surface area contributed by atoms with Crippen molar-refractivity contribution in [1.82, 2.24) is 15.1 Å². The number of nitrogens with zero attached hydrogens (tertiary/aromatic N) is 3. The van der Waals surface area contributed by atoms with E-state index >= 15 is 0 Å². The van der Waals surface area contributed by atoms with Gasteiger partial charge in [-0.15, -0.1) is 0 Å². The molecule has 1 aliphatic heterocycles. The zero-order valence-electron chi connectivity index (χ0n) is 12.9. The lowest BCUT2D eigenvalue weighted by atomic mass is 9.79. The molecule has 122 valence electrons. The van der Waals surface area contributed by atoms with Gasteiger partial charge in [0.05, 0.1) is 5.41 Å². The summed E-state index contributed by atoms with van der Waals surface area (Å²) in [7, 11) is 0. The van der Waals surface area contributed by atoms with Gasteiger partial charge in [-0.3, -0.25) is 4.79 Å². The third-order valence-corrected chi connectivity index (χ3v) is 4.11. The number of carbonyl (C=O) groups is 1. The second-order valence-electron chi connectivity index (χ2n) is 5.69. The van der Waals surface area contributed by atoms with E-state index in [1.54, 1.807) is 25.3 Å². The van der Waals surface area contributed by atoms with E-state index in [0.717, 1.165) is 5.56 Å². The summed E-state index contributed by atoms with van der Waals surface area (Å²) in [5, 5.41) is 6.97. The van der Waals surface area contributed by atoms with Gasteiger partial charge in [-0.05, 0) is 31.9 Å². The van der Waals surface area contributed by atoms with Crippen molar-refractivity contribution in [2.75, 3.05) is 25.1 Å². The molecule has 0 atom stereocenters. The highest BCUT2D eigenvalue weighted by Crippen LogP contribution is 2.30. The third kappa shape index (κ3) is 3.31. The first-order valence-corrected chi connectivity index (χ1v) is 7.47. The highest BCUT2D eigenvalue weighted by molar-refractivity contribution is 5.81. The van der Waals surface area contributed by atoms with Gasteiger partial charge in [0.25, 0.3) is 5.89 Å². The standard InChI is InChI=1S/C15H19N5O3/c1-10-19-13(23-20-10)11-2-5-17-12(8-11)18-9-15(14(16)21)3-6-22-7-4-15/h2,5,8H,3-4,6-7,9H2,1H3,(H2,16,21)(H,17,18). The van der Waals surface area contributed by atoms with E-state index in [2.05, 4.69) is 20.4 Å². The molecule has 23 heavy (non-hydrogen) atoms. The zero-order valence-corrected chi connectivity index (χ0v) is 12.9. The molecule has 8 nitrogen and oxygen atoms in total. The fourth-order valence-corrected chi connectivity index (χ4v) is 2.61. The Kier molecular flexibility index (Phi) is 4.24. The van der Waals surface area contributed by atoms with Crippen LogP contribution in [-0.4, -0.2) is 40.8 Å². The largest absolute Gasteiger partial charge is 0.381 e. The van der Waals surface area contributed by atoms with Gasteiger partial charge in [-0.1, -0.05) is 5.16 Å². The number of amides is 1. The van der Waals surface area contributed by atoms with E-state index in [4.69, 9.17) is 15.0 Å². The number of ether oxygens (including phenoxy) is 1. The molecule has 3 heterocycles. The molecule has 0 saturated carbocycles. The summed E-state index contributed by atoms with van der Waals surface area (Å²) in [6.07, 6.45) is 2.87. The van der Waals surface area contributed by atoms with Crippen molar-refractivity contribution in [3.8, 4) is 11.5 Å². The van der Waals surface area contributed by atoms with Gasteiger partial charge in [0.15, 0.2) is 5.82 Å². The number of nitrogens with one attached hydrogen (secondary N) is 1. The third-order valence-electron chi connectivity index (χ3n) is 4.11. The maximum Gasteiger partial charge on any atom is 0.258 e. The van der Waals surface area contributed by atoms with Crippen LogP contribution in [0.25, 0.3) is 11.5 Å². The van der Waals surface area contributed by atoms with Gasteiger partial charge in [-0.25, -0.2) is 4.98 Å². The van der Waals surface area contributed by atoms with Gasteiger partial charge in [0.2, 0.25) is 5.91 Å². The molecule has 8 heteroatoms. The number of hydrogen-bond acceptors (Lipinski definition) is 7. The molecule has 0 aromatic carbocycles. The smallest absolute Gasteiger partial charge is 0.258 e. The van der Waals surface area contributed by atoms with Crippen molar-refractivity contribution in [1.29, 1.82) is 0 Å². The van der Waals surface area contributed by atoms with Crippen molar-refractivity contribution in [3.63, 3.8) is 0 Å². The topological polar surface area (TPSA) is 116 Å². The molecule has 0 unspecified atom stereocenters. The normalized spacial score (nSPS) is 16.9. The van der Waals surface area contributed by atoms with Gasteiger partial charge in [0.1, 0.15) is 5.82 Å². The van der Waals surface area contributed by atoms with Crippen LogP contribution in [0.5, 0.6) is 0 Å². The fourth-order valence-electron chi connectivity index (χ4n) is 2.61. The molecule has 1 aliphatic rings. The molecule has 0 bridgehead atoms. The van der Waals surface area contributed by atoms with E-state index in [0.29, 0.717) is 50.1 Å². The number of pyridine rings is 1. The molecule has 1 amide bonds. The summed E-state index contributed by atoms with van der Waals surface area (Å²) in [6, 6.07) is 3.59. The summed E-state index contributed by atoms with van der Waals surface area (Å²) in [5.74, 6) is 1.33. The predicted molar refractivity (Wildman–Crippen MR) is 82.4 cm³/mol.